The summed E-state index contributed by atoms with van der Waals surface area (Å²) in [6.45, 7) is 5.27. The maximum atomic E-state index is 14.0. The quantitative estimate of drug-likeness (QED) is 0.277. The zero-order chi connectivity index (χ0) is 30.8. The number of benzene rings is 3. The molecule has 0 saturated heterocycles. The molecule has 0 spiro atoms. The van der Waals surface area contributed by atoms with E-state index < -0.39 is 23.2 Å². The summed E-state index contributed by atoms with van der Waals surface area (Å²) < 4.78 is 23.1. The molecule has 0 atom stereocenters. The Hall–Kier alpha value is -5.19. The molecule has 0 aliphatic heterocycles. The van der Waals surface area contributed by atoms with Gasteiger partial charge in [0.1, 0.15) is 17.0 Å². The van der Waals surface area contributed by atoms with Gasteiger partial charge in [-0.25, -0.2) is 4.79 Å². The molecule has 0 saturated carbocycles. The molecular formula is C31H33N3O8. The highest BCUT2D eigenvalue weighted by molar-refractivity contribution is 6.09. The Bertz CT molecular complexity index is 1690. The first-order valence-corrected chi connectivity index (χ1v) is 13.0. The van der Waals surface area contributed by atoms with Crippen LogP contribution in [0, 0.1) is 0 Å². The summed E-state index contributed by atoms with van der Waals surface area (Å²) in [4.78, 5) is 39.8. The number of methoxy groups -OCH3 is 3. The van der Waals surface area contributed by atoms with Gasteiger partial charge in [0.05, 0.1) is 26.7 Å². The second kappa shape index (κ2) is 11.7. The second-order valence-electron chi connectivity index (χ2n) is 10.3. The standard InChI is InChI=1S/C31H33N3O8/c1-31(2,3)42-30(38)33-18-8-10-19(11-9-18)34-26(28(36)32-4)25(21-13-12-20(35)16-22(21)29(34)37)17-14-23(39-5)27(41-7)24(15-17)40-6/h8-16,35H,1-7H3,(H,32,36)(H,33,38). The molecule has 0 bridgehead atoms. The van der Waals surface area contributed by atoms with Crippen molar-refractivity contribution in [2.45, 2.75) is 26.4 Å². The number of aromatic nitrogens is 1. The lowest BCUT2D eigenvalue weighted by atomic mass is 9.95. The number of hydrogen-bond acceptors (Lipinski definition) is 8. The average Bonchev–Trinajstić information content (AvgIpc) is 2.95. The monoisotopic (exact) mass is 575 g/mol. The number of aromatic hydroxyl groups is 1. The third kappa shape index (κ3) is 5.80. The predicted molar refractivity (Wildman–Crippen MR) is 160 cm³/mol. The molecule has 4 rings (SSSR count). The fourth-order valence-corrected chi connectivity index (χ4v) is 4.60. The summed E-state index contributed by atoms with van der Waals surface area (Å²) in [5, 5.41) is 16.2. The molecular weight excluding hydrogens is 542 g/mol. The van der Waals surface area contributed by atoms with Crippen LogP contribution >= 0.6 is 0 Å². The first-order chi connectivity index (χ1) is 19.9. The van der Waals surface area contributed by atoms with Gasteiger partial charge in [0.15, 0.2) is 11.5 Å². The van der Waals surface area contributed by atoms with Crippen LogP contribution in [0.25, 0.3) is 27.6 Å². The molecule has 1 aromatic heterocycles. The van der Waals surface area contributed by atoms with Gasteiger partial charge in [-0.1, -0.05) is 0 Å². The number of carbonyl (C=O) groups excluding carboxylic acids is 2. The molecule has 4 aromatic rings. The van der Waals surface area contributed by atoms with E-state index in [9.17, 15) is 19.5 Å². The van der Waals surface area contributed by atoms with E-state index in [4.69, 9.17) is 18.9 Å². The number of nitrogens with one attached hydrogen (secondary N) is 2. The summed E-state index contributed by atoms with van der Waals surface area (Å²) in [7, 11) is 5.90. The van der Waals surface area contributed by atoms with Crippen LogP contribution in [-0.4, -0.2) is 55.7 Å². The van der Waals surface area contributed by atoms with E-state index in [0.717, 1.165) is 0 Å². The number of pyridine rings is 1. The van der Waals surface area contributed by atoms with Crippen molar-refractivity contribution in [1.29, 1.82) is 0 Å². The summed E-state index contributed by atoms with van der Waals surface area (Å²) in [5.74, 6) is 0.385. The molecule has 11 nitrogen and oxygen atoms in total. The van der Waals surface area contributed by atoms with E-state index >= 15 is 0 Å². The Morgan fingerprint density at radius 3 is 2.00 bits per heavy atom. The first-order valence-electron chi connectivity index (χ1n) is 13.0. The number of phenolic OH excluding ortho intramolecular Hbond substituents is 1. The number of amides is 2. The fraction of sp³-hybridized carbons (Fsp3) is 0.258. The van der Waals surface area contributed by atoms with Crippen LogP contribution in [0.15, 0.2) is 59.4 Å². The van der Waals surface area contributed by atoms with Gasteiger partial charge < -0.3 is 29.4 Å². The van der Waals surface area contributed by atoms with Gasteiger partial charge in [-0.05, 0) is 86.3 Å². The number of anilines is 1. The lowest BCUT2D eigenvalue weighted by Gasteiger charge is -2.21. The molecule has 2 amide bonds. The van der Waals surface area contributed by atoms with Crippen LogP contribution in [-0.2, 0) is 4.74 Å². The Balaban J connectivity index is 2.03. The lowest BCUT2D eigenvalue weighted by molar-refractivity contribution is 0.0635. The van der Waals surface area contributed by atoms with Crippen molar-refractivity contribution in [3.05, 3.63) is 70.6 Å². The molecule has 3 aromatic carbocycles. The van der Waals surface area contributed by atoms with Gasteiger partial charge >= 0.3 is 6.09 Å². The van der Waals surface area contributed by atoms with Crippen LogP contribution < -0.4 is 30.4 Å². The molecule has 1 heterocycles. The van der Waals surface area contributed by atoms with Crippen LogP contribution in [0.3, 0.4) is 0 Å². The smallest absolute Gasteiger partial charge is 0.412 e. The zero-order valence-corrected chi connectivity index (χ0v) is 24.4. The number of phenols is 1. The minimum Gasteiger partial charge on any atom is -0.508 e. The second-order valence-corrected chi connectivity index (χ2v) is 10.3. The van der Waals surface area contributed by atoms with Crippen molar-refractivity contribution in [2.24, 2.45) is 0 Å². The molecule has 3 N–H and O–H groups in total. The molecule has 220 valence electrons. The molecule has 0 radical (unpaired) electrons. The summed E-state index contributed by atoms with van der Waals surface area (Å²) in [5.41, 5.74) is 0.457. The maximum Gasteiger partial charge on any atom is 0.412 e. The Morgan fingerprint density at radius 1 is 0.857 bits per heavy atom. The van der Waals surface area contributed by atoms with E-state index in [0.29, 0.717) is 45.1 Å². The largest absolute Gasteiger partial charge is 0.508 e. The highest BCUT2D eigenvalue weighted by Crippen LogP contribution is 2.43. The van der Waals surface area contributed by atoms with Crippen molar-refractivity contribution in [1.82, 2.24) is 9.88 Å². The van der Waals surface area contributed by atoms with Crippen molar-refractivity contribution >= 4 is 28.5 Å². The van der Waals surface area contributed by atoms with Gasteiger partial charge in [0.2, 0.25) is 5.75 Å². The van der Waals surface area contributed by atoms with Crippen molar-refractivity contribution in [2.75, 3.05) is 33.7 Å². The van der Waals surface area contributed by atoms with Gasteiger partial charge in [0, 0.05) is 24.0 Å². The maximum absolute atomic E-state index is 14.0. The SMILES string of the molecule is CNC(=O)c1c(-c2cc(OC)c(OC)c(OC)c2)c2ccc(O)cc2c(=O)n1-c1ccc(NC(=O)OC(C)(C)C)cc1. The number of hydrogen-bond donors (Lipinski definition) is 3. The topological polar surface area (TPSA) is 137 Å². The van der Waals surface area contributed by atoms with E-state index in [1.165, 1.54) is 45.1 Å². The third-order valence-electron chi connectivity index (χ3n) is 6.33. The number of fused-ring (bicyclic) bond motifs is 1. The average molecular weight is 576 g/mol. The molecule has 0 aliphatic rings. The van der Waals surface area contributed by atoms with Gasteiger partial charge in [-0.3, -0.25) is 19.5 Å². The van der Waals surface area contributed by atoms with E-state index in [-0.39, 0.29) is 16.8 Å². The third-order valence-corrected chi connectivity index (χ3v) is 6.33. The van der Waals surface area contributed by atoms with Crippen LogP contribution in [0.1, 0.15) is 31.3 Å². The Morgan fingerprint density at radius 2 is 1.48 bits per heavy atom. The number of nitrogens with zero attached hydrogens (tertiary/aromatic N) is 1. The normalized spacial score (nSPS) is 11.1. The van der Waals surface area contributed by atoms with Gasteiger partial charge in [0.25, 0.3) is 11.5 Å². The van der Waals surface area contributed by atoms with Gasteiger partial charge in [-0.15, -0.1) is 0 Å². The summed E-state index contributed by atoms with van der Waals surface area (Å²) in [6, 6.07) is 14.1. The minimum absolute atomic E-state index is 0.0304. The Kier molecular flexibility index (Phi) is 8.32. The highest BCUT2D eigenvalue weighted by Gasteiger charge is 2.26. The summed E-state index contributed by atoms with van der Waals surface area (Å²) in [6.07, 6.45) is -0.635. The first kappa shape index (κ1) is 29.8. The van der Waals surface area contributed by atoms with Crippen LogP contribution in [0.4, 0.5) is 10.5 Å². The summed E-state index contributed by atoms with van der Waals surface area (Å²) >= 11 is 0. The number of carbonyl (C=O) groups is 2. The predicted octanol–water partition coefficient (Wildman–Crippen LogP) is 5.10. The van der Waals surface area contributed by atoms with E-state index in [1.807, 2.05) is 0 Å². The van der Waals surface area contributed by atoms with Crippen molar-refractivity contribution in [3.8, 4) is 39.8 Å². The lowest BCUT2D eigenvalue weighted by Crippen LogP contribution is -2.31. The minimum atomic E-state index is -0.681. The fourth-order valence-electron chi connectivity index (χ4n) is 4.60. The zero-order valence-electron chi connectivity index (χ0n) is 24.4. The van der Waals surface area contributed by atoms with Crippen molar-refractivity contribution in [3.63, 3.8) is 0 Å². The number of ether oxygens (including phenoxy) is 4. The molecule has 42 heavy (non-hydrogen) atoms. The van der Waals surface area contributed by atoms with Crippen molar-refractivity contribution < 1.29 is 33.6 Å². The van der Waals surface area contributed by atoms with E-state index in [2.05, 4.69) is 10.6 Å². The van der Waals surface area contributed by atoms with Crippen LogP contribution in [0.5, 0.6) is 23.0 Å². The molecule has 0 fully saturated rings. The Labute approximate surface area is 242 Å². The number of rotatable bonds is 7. The van der Waals surface area contributed by atoms with E-state index in [1.54, 1.807) is 63.2 Å². The van der Waals surface area contributed by atoms with Crippen LogP contribution in [0.2, 0.25) is 0 Å². The molecule has 0 unspecified atom stereocenters. The van der Waals surface area contributed by atoms with Gasteiger partial charge in [-0.2, -0.15) is 0 Å². The molecule has 0 aliphatic carbocycles. The molecule has 11 heteroatoms. The highest BCUT2D eigenvalue weighted by atomic mass is 16.6.